The van der Waals surface area contributed by atoms with Crippen LogP contribution in [0.5, 0.6) is 0 Å². The van der Waals surface area contributed by atoms with Crippen molar-refractivity contribution in [3.63, 3.8) is 0 Å². The Morgan fingerprint density at radius 2 is 2.41 bits per heavy atom. The summed E-state index contributed by atoms with van der Waals surface area (Å²) in [6.07, 6.45) is 2.93. The first kappa shape index (κ1) is 13.5. The number of hydrogen-bond donors (Lipinski definition) is 2. The van der Waals surface area contributed by atoms with Gasteiger partial charge in [-0.15, -0.1) is 0 Å². The Morgan fingerprint density at radius 1 is 1.65 bits per heavy atom. The van der Waals surface area contributed by atoms with Crippen LogP contribution in [0, 0.1) is 6.92 Å². The van der Waals surface area contributed by atoms with E-state index in [0.29, 0.717) is 5.76 Å². The molecule has 0 saturated carbocycles. The number of aliphatic hydroxyl groups is 1. The van der Waals surface area contributed by atoms with Gasteiger partial charge in [-0.05, 0) is 25.1 Å². The zero-order chi connectivity index (χ0) is 12.7. The van der Waals surface area contributed by atoms with Crippen LogP contribution in [0.2, 0.25) is 0 Å². The topological polar surface area (TPSA) is 71.7 Å². The van der Waals surface area contributed by atoms with E-state index >= 15 is 0 Å². The van der Waals surface area contributed by atoms with E-state index in [2.05, 4.69) is 5.32 Å². The van der Waals surface area contributed by atoms with Gasteiger partial charge in [-0.2, -0.15) is 0 Å². The van der Waals surface area contributed by atoms with Crippen LogP contribution in [0.4, 0.5) is 0 Å². The van der Waals surface area contributed by atoms with E-state index in [-0.39, 0.29) is 19.1 Å². The minimum atomic E-state index is -0.393. The van der Waals surface area contributed by atoms with Gasteiger partial charge in [0.2, 0.25) is 5.91 Å². The van der Waals surface area contributed by atoms with Gasteiger partial charge in [0.1, 0.15) is 11.5 Å². The molecule has 0 aliphatic heterocycles. The van der Waals surface area contributed by atoms with Crippen molar-refractivity contribution < 1.29 is 19.1 Å². The second-order valence-electron chi connectivity index (χ2n) is 3.63. The Labute approximate surface area is 100 Å². The first-order chi connectivity index (χ1) is 8.15. The van der Waals surface area contributed by atoms with Crippen LogP contribution in [0.15, 0.2) is 22.6 Å². The molecule has 0 aromatic carbocycles. The van der Waals surface area contributed by atoms with Crippen molar-refractivity contribution in [1.82, 2.24) is 5.32 Å². The normalized spacial score (nSPS) is 12.9. The van der Waals surface area contributed by atoms with Crippen LogP contribution in [0.25, 0.3) is 6.08 Å². The van der Waals surface area contributed by atoms with Gasteiger partial charge in [0.05, 0.1) is 19.3 Å². The number of carbonyl (C=O) groups is 1. The molecule has 5 heteroatoms. The third-order valence-corrected chi connectivity index (χ3v) is 2.09. The maximum absolute atomic E-state index is 11.5. The fourth-order valence-electron chi connectivity index (χ4n) is 1.29. The lowest BCUT2D eigenvalue weighted by molar-refractivity contribution is -0.117. The average molecular weight is 239 g/mol. The van der Waals surface area contributed by atoms with Crippen LogP contribution in [-0.4, -0.2) is 37.4 Å². The highest BCUT2D eigenvalue weighted by molar-refractivity contribution is 5.91. The Hall–Kier alpha value is -1.59. The van der Waals surface area contributed by atoms with Crippen LogP contribution >= 0.6 is 0 Å². The van der Waals surface area contributed by atoms with E-state index in [1.807, 2.05) is 13.0 Å². The van der Waals surface area contributed by atoms with Crippen molar-refractivity contribution in [2.45, 2.75) is 13.0 Å². The number of methoxy groups -OCH3 is 1. The van der Waals surface area contributed by atoms with Crippen LogP contribution in [-0.2, 0) is 9.53 Å². The van der Waals surface area contributed by atoms with Crippen molar-refractivity contribution in [1.29, 1.82) is 0 Å². The van der Waals surface area contributed by atoms with Crippen LogP contribution < -0.4 is 5.32 Å². The zero-order valence-electron chi connectivity index (χ0n) is 9.97. The molecule has 17 heavy (non-hydrogen) atoms. The molecule has 1 aromatic rings. The van der Waals surface area contributed by atoms with Crippen LogP contribution in [0.3, 0.4) is 0 Å². The van der Waals surface area contributed by atoms with Gasteiger partial charge in [0.25, 0.3) is 0 Å². The van der Waals surface area contributed by atoms with Crippen molar-refractivity contribution in [2.24, 2.45) is 0 Å². The maximum Gasteiger partial charge on any atom is 0.244 e. The summed E-state index contributed by atoms with van der Waals surface area (Å²) in [6.45, 7) is 1.95. The van der Waals surface area contributed by atoms with Crippen molar-refractivity contribution >= 4 is 12.0 Å². The lowest BCUT2D eigenvalue weighted by atomic mass is 10.3. The summed E-state index contributed by atoms with van der Waals surface area (Å²) in [4.78, 5) is 11.5. The third-order valence-electron chi connectivity index (χ3n) is 2.09. The van der Waals surface area contributed by atoms with E-state index in [1.54, 1.807) is 12.1 Å². The number of rotatable bonds is 6. The van der Waals surface area contributed by atoms with Gasteiger partial charge in [-0.3, -0.25) is 4.79 Å². The molecule has 1 rings (SSSR count). The molecule has 2 N–H and O–H groups in total. The second-order valence-corrected chi connectivity index (χ2v) is 3.63. The molecule has 0 saturated heterocycles. The predicted molar refractivity (Wildman–Crippen MR) is 63.4 cm³/mol. The van der Waals surface area contributed by atoms with E-state index < -0.39 is 6.04 Å². The highest BCUT2D eigenvalue weighted by atomic mass is 16.5. The number of carbonyl (C=O) groups excluding carboxylic acids is 1. The Kier molecular flexibility index (Phi) is 5.45. The number of aryl methyl sites for hydroxylation is 1. The first-order valence-electron chi connectivity index (χ1n) is 5.30. The number of nitrogens with one attached hydrogen (secondary N) is 1. The molecular weight excluding hydrogens is 222 g/mol. The fourth-order valence-corrected chi connectivity index (χ4v) is 1.29. The smallest absolute Gasteiger partial charge is 0.244 e. The summed E-state index contributed by atoms with van der Waals surface area (Å²) in [5.74, 6) is 1.11. The molecule has 5 nitrogen and oxygen atoms in total. The maximum atomic E-state index is 11.5. The molecule has 1 amide bonds. The third kappa shape index (κ3) is 4.84. The molecule has 1 aromatic heterocycles. The molecule has 0 aliphatic rings. The molecule has 1 unspecified atom stereocenters. The van der Waals surface area contributed by atoms with E-state index in [0.717, 1.165) is 5.76 Å². The van der Waals surface area contributed by atoms with E-state index in [4.69, 9.17) is 14.3 Å². The summed E-state index contributed by atoms with van der Waals surface area (Å²) in [5, 5.41) is 11.6. The Bertz CT molecular complexity index is 384. The van der Waals surface area contributed by atoms with Gasteiger partial charge in [-0.1, -0.05) is 0 Å². The largest absolute Gasteiger partial charge is 0.462 e. The number of hydrogen-bond acceptors (Lipinski definition) is 4. The molecule has 1 heterocycles. The minimum absolute atomic E-state index is 0.159. The van der Waals surface area contributed by atoms with E-state index in [9.17, 15) is 4.79 Å². The molecule has 0 spiro atoms. The molecule has 94 valence electrons. The molecule has 0 aliphatic carbocycles. The predicted octanol–water partition coefficient (Wildman–Crippen LogP) is 0.725. The molecule has 0 fully saturated rings. The summed E-state index contributed by atoms with van der Waals surface area (Å²) in [7, 11) is 1.51. The number of furan rings is 1. The summed E-state index contributed by atoms with van der Waals surface area (Å²) in [5.41, 5.74) is 0. The second kappa shape index (κ2) is 6.88. The Balaban J connectivity index is 2.45. The number of amides is 1. The highest BCUT2D eigenvalue weighted by Gasteiger charge is 2.08. The van der Waals surface area contributed by atoms with Gasteiger partial charge < -0.3 is 19.6 Å². The molecule has 0 radical (unpaired) electrons. The standard InChI is InChI=1S/C12H17NO4/c1-9-3-4-11(17-9)5-6-12(15)13-10(7-14)8-16-2/h3-6,10,14H,7-8H2,1-2H3,(H,13,15)/b6-5+. The summed E-state index contributed by atoms with van der Waals surface area (Å²) < 4.78 is 10.1. The fraction of sp³-hybridized carbons (Fsp3) is 0.417. The summed E-state index contributed by atoms with van der Waals surface area (Å²) >= 11 is 0. The van der Waals surface area contributed by atoms with Crippen molar-refractivity contribution in [3.8, 4) is 0 Å². The van der Waals surface area contributed by atoms with Crippen molar-refractivity contribution in [3.05, 3.63) is 29.7 Å². The van der Waals surface area contributed by atoms with Crippen molar-refractivity contribution in [2.75, 3.05) is 20.3 Å². The van der Waals surface area contributed by atoms with Gasteiger partial charge >= 0.3 is 0 Å². The van der Waals surface area contributed by atoms with Crippen LogP contribution in [0.1, 0.15) is 11.5 Å². The number of ether oxygens (including phenoxy) is 1. The first-order valence-corrected chi connectivity index (χ1v) is 5.30. The zero-order valence-corrected chi connectivity index (χ0v) is 9.97. The van der Waals surface area contributed by atoms with Gasteiger partial charge in [0.15, 0.2) is 0 Å². The van der Waals surface area contributed by atoms with Gasteiger partial charge in [0, 0.05) is 13.2 Å². The van der Waals surface area contributed by atoms with Gasteiger partial charge in [-0.25, -0.2) is 0 Å². The lowest BCUT2D eigenvalue weighted by Gasteiger charge is -2.13. The lowest BCUT2D eigenvalue weighted by Crippen LogP contribution is -2.39. The highest BCUT2D eigenvalue weighted by Crippen LogP contribution is 2.07. The molecule has 0 bridgehead atoms. The van der Waals surface area contributed by atoms with E-state index in [1.165, 1.54) is 13.2 Å². The quantitative estimate of drug-likeness (QED) is 0.718. The molecular formula is C12H17NO4. The molecule has 1 atom stereocenters. The SMILES string of the molecule is COCC(CO)NC(=O)/C=C/c1ccc(C)o1. The summed E-state index contributed by atoms with van der Waals surface area (Å²) in [6, 6.07) is 3.20. The average Bonchev–Trinajstić information content (AvgIpc) is 2.72. The Morgan fingerprint density at radius 3 is 2.94 bits per heavy atom. The monoisotopic (exact) mass is 239 g/mol. The number of aliphatic hydroxyl groups excluding tert-OH is 1. The minimum Gasteiger partial charge on any atom is -0.462 e.